The van der Waals surface area contributed by atoms with Gasteiger partial charge in [-0.15, -0.1) is 23.2 Å². The Hall–Kier alpha value is 0.290. The van der Waals surface area contributed by atoms with Gasteiger partial charge in [0.05, 0.1) is 6.61 Å². The zero-order valence-corrected chi connectivity index (χ0v) is 16.7. The number of para-hydroxylation sites is 1. The number of rotatable bonds is 13. The molecule has 2 atom stereocenters. The van der Waals surface area contributed by atoms with Crippen molar-refractivity contribution in [2.75, 3.05) is 25.0 Å². The Morgan fingerprint density at radius 3 is 1.96 bits per heavy atom. The first-order chi connectivity index (χ1) is 11.5. The van der Waals surface area contributed by atoms with E-state index in [-0.39, 0.29) is 37.8 Å². The van der Waals surface area contributed by atoms with E-state index < -0.39 is 18.9 Å². The molecule has 0 aliphatic heterocycles. The molecule has 5 nitrogen and oxygen atoms in total. The van der Waals surface area contributed by atoms with Crippen molar-refractivity contribution in [3.05, 3.63) is 30.3 Å². The van der Waals surface area contributed by atoms with E-state index in [1.807, 2.05) is 18.2 Å². The largest absolute Gasteiger partial charge is 0.491 e. The summed E-state index contributed by atoms with van der Waals surface area (Å²) in [6.45, 7) is 0.104. The summed E-state index contributed by atoms with van der Waals surface area (Å²) in [7, 11) is -3.97. The summed E-state index contributed by atoms with van der Waals surface area (Å²) in [6.07, 6.45) is 0.533. The van der Waals surface area contributed by atoms with E-state index in [1.54, 1.807) is 12.1 Å². The first-order valence-electron chi connectivity index (χ1n) is 7.18. The van der Waals surface area contributed by atoms with Crippen LogP contribution in [-0.4, -0.2) is 36.1 Å². The second-order valence-corrected chi connectivity index (χ2v) is 7.73. The van der Waals surface area contributed by atoms with E-state index in [2.05, 4.69) is 0 Å². The number of hydrogen-bond acceptors (Lipinski definition) is 5. The highest BCUT2D eigenvalue weighted by Crippen LogP contribution is 2.53. The van der Waals surface area contributed by atoms with Crippen LogP contribution in [0.3, 0.4) is 0 Å². The molecule has 1 aromatic rings. The molecule has 1 rings (SSSR count). The van der Waals surface area contributed by atoms with Gasteiger partial charge in [-0.3, -0.25) is 13.6 Å². The summed E-state index contributed by atoms with van der Waals surface area (Å²) in [4.78, 5) is 0. The minimum absolute atomic E-state index is 0.0405. The van der Waals surface area contributed by atoms with Crippen molar-refractivity contribution in [2.45, 2.75) is 24.0 Å². The van der Waals surface area contributed by atoms with E-state index in [0.29, 0.717) is 5.75 Å². The zero-order valence-electron chi connectivity index (χ0n) is 12.8. The fourth-order valence-corrected chi connectivity index (χ4v) is 4.13. The van der Waals surface area contributed by atoms with Crippen LogP contribution >= 0.6 is 54.2 Å². The fourth-order valence-electron chi connectivity index (χ4n) is 1.47. The highest BCUT2D eigenvalue weighted by molar-refractivity contribution is 7.48. The molecule has 0 bridgehead atoms. The maximum Gasteiger partial charge on any atom is 0.477 e. The number of benzene rings is 1. The minimum Gasteiger partial charge on any atom is -0.491 e. The third-order valence-electron chi connectivity index (χ3n) is 2.50. The van der Waals surface area contributed by atoms with Gasteiger partial charge in [-0.2, -0.15) is 0 Å². The van der Waals surface area contributed by atoms with Crippen molar-refractivity contribution >= 4 is 54.2 Å². The molecule has 138 valence electrons. The lowest BCUT2D eigenvalue weighted by atomic mass is 10.3. The predicted molar refractivity (Wildman–Crippen MR) is 97.6 cm³/mol. The van der Waals surface area contributed by atoms with Crippen LogP contribution in [0.4, 0.5) is 0 Å². The van der Waals surface area contributed by atoms with E-state index in [0.717, 1.165) is 0 Å². The molecule has 0 spiro atoms. The van der Waals surface area contributed by atoms with Gasteiger partial charge in [-0.05, 0) is 12.1 Å². The monoisotopic (exact) mass is 438 g/mol. The topological polar surface area (TPSA) is 54.0 Å². The number of alkyl halides is 4. The predicted octanol–water partition coefficient (Wildman–Crippen LogP) is 5.61. The molecule has 0 fully saturated rings. The number of halogens is 4. The van der Waals surface area contributed by atoms with Gasteiger partial charge in [0.25, 0.3) is 0 Å². The van der Waals surface area contributed by atoms with Crippen molar-refractivity contribution in [3.63, 3.8) is 0 Å². The van der Waals surface area contributed by atoms with Crippen molar-refractivity contribution in [3.8, 4) is 5.75 Å². The molecular weight excluding hydrogens is 421 g/mol. The molecule has 0 aliphatic carbocycles. The van der Waals surface area contributed by atoms with E-state index in [4.69, 9.17) is 64.7 Å². The Balaban J connectivity index is 2.51. The minimum atomic E-state index is -3.97. The number of ether oxygens (including phenoxy) is 1. The summed E-state index contributed by atoms with van der Waals surface area (Å²) in [5.41, 5.74) is -1.86. The second-order valence-electron chi connectivity index (χ2n) is 4.43. The number of hydrogen-bond donors (Lipinski definition) is 0. The standard InChI is InChI=1S/C14H19Cl4O5P/c15-8-6-13(17)22-24(19,23-14(18)7-9-16)21-11-10-20-12-4-2-1-3-5-12/h1-5,13-14H,6-11H2. The van der Waals surface area contributed by atoms with Gasteiger partial charge in [0.2, 0.25) is 0 Å². The van der Waals surface area contributed by atoms with E-state index >= 15 is 0 Å². The lowest BCUT2D eigenvalue weighted by Crippen LogP contribution is -2.15. The molecule has 1 aromatic carbocycles. The molecule has 0 aliphatic rings. The van der Waals surface area contributed by atoms with Crippen LogP contribution in [0.5, 0.6) is 5.75 Å². The molecule has 2 unspecified atom stereocenters. The summed E-state index contributed by atoms with van der Waals surface area (Å²) in [5, 5.41) is 0. The average Bonchev–Trinajstić information content (AvgIpc) is 2.53. The van der Waals surface area contributed by atoms with Gasteiger partial charge in [0.1, 0.15) is 23.5 Å². The van der Waals surface area contributed by atoms with Crippen LogP contribution in [0, 0.1) is 0 Å². The quantitative estimate of drug-likeness (QED) is 0.227. The average molecular weight is 440 g/mol. The fraction of sp³-hybridized carbons (Fsp3) is 0.571. The van der Waals surface area contributed by atoms with Crippen molar-refractivity contribution in [1.82, 2.24) is 0 Å². The normalized spacial score (nSPS) is 16.3. The molecule has 0 N–H and O–H groups in total. The van der Waals surface area contributed by atoms with Crippen molar-refractivity contribution in [1.29, 1.82) is 0 Å². The van der Waals surface area contributed by atoms with Crippen LogP contribution < -0.4 is 4.74 Å². The van der Waals surface area contributed by atoms with E-state index in [1.165, 1.54) is 0 Å². The molecule has 0 saturated carbocycles. The maximum absolute atomic E-state index is 12.6. The smallest absolute Gasteiger partial charge is 0.477 e. The van der Waals surface area contributed by atoms with Crippen LogP contribution in [0.2, 0.25) is 0 Å². The van der Waals surface area contributed by atoms with Gasteiger partial charge in [-0.1, -0.05) is 41.4 Å². The van der Waals surface area contributed by atoms with Gasteiger partial charge in [-0.25, -0.2) is 4.57 Å². The highest BCUT2D eigenvalue weighted by atomic mass is 35.5. The SMILES string of the molecule is O=P(OCCOc1ccccc1)(OC(Cl)CCCl)OC(Cl)CCCl. The first kappa shape index (κ1) is 22.3. The Kier molecular flexibility index (Phi) is 11.7. The van der Waals surface area contributed by atoms with Crippen LogP contribution in [0.25, 0.3) is 0 Å². The maximum atomic E-state index is 12.6. The lowest BCUT2D eigenvalue weighted by molar-refractivity contribution is 0.0823. The molecule has 0 heterocycles. The molecule has 0 radical (unpaired) electrons. The van der Waals surface area contributed by atoms with Crippen molar-refractivity contribution in [2.24, 2.45) is 0 Å². The lowest BCUT2D eigenvalue weighted by Gasteiger charge is -2.22. The van der Waals surface area contributed by atoms with Gasteiger partial charge < -0.3 is 4.74 Å². The molecule has 10 heteroatoms. The Labute approximate surface area is 162 Å². The molecule has 0 amide bonds. The molecular formula is C14H19Cl4O5P. The molecule has 0 aromatic heterocycles. The first-order valence-corrected chi connectivity index (χ1v) is 10.6. The number of phosphoric acid groups is 1. The molecule has 24 heavy (non-hydrogen) atoms. The third kappa shape index (κ3) is 9.69. The highest BCUT2D eigenvalue weighted by Gasteiger charge is 2.33. The van der Waals surface area contributed by atoms with Crippen LogP contribution in [0.15, 0.2) is 30.3 Å². The second kappa shape index (κ2) is 12.6. The summed E-state index contributed by atoms with van der Waals surface area (Å²) in [6, 6.07) is 9.12. The summed E-state index contributed by atoms with van der Waals surface area (Å²) in [5.74, 6) is 1.13. The van der Waals surface area contributed by atoms with Gasteiger partial charge in [0.15, 0.2) is 0 Å². The van der Waals surface area contributed by atoms with Gasteiger partial charge >= 0.3 is 7.82 Å². The van der Waals surface area contributed by atoms with E-state index in [9.17, 15) is 4.57 Å². The zero-order chi connectivity index (χ0) is 17.8. The van der Waals surface area contributed by atoms with Crippen LogP contribution in [-0.2, 0) is 18.1 Å². The Bertz CT molecular complexity index is 475. The molecule has 0 saturated heterocycles. The Morgan fingerprint density at radius 2 is 1.46 bits per heavy atom. The van der Waals surface area contributed by atoms with Gasteiger partial charge in [0, 0.05) is 24.6 Å². The summed E-state index contributed by atoms with van der Waals surface area (Å²) >= 11 is 22.9. The van der Waals surface area contributed by atoms with Crippen LogP contribution in [0.1, 0.15) is 12.8 Å². The number of phosphoric ester groups is 1. The third-order valence-corrected chi connectivity index (χ3v) is 5.33. The Morgan fingerprint density at radius 1 is 0.917 bits per heavy atom. The summed E-state index contributed by atoms with van der Waals surface area (Å²) < 4.78 is 33.6. The van der Waals surface area contributed by atoms with Crippen molar-refractivity contribution < 1.29 is 22.9 Å².